The van der Waals surface area contributed by atoms with E-state index in [1.54, 1.807) is 34.6 Å². The molecule has 0 aromatic heterocycles. The maximum atomic E-state index is 12.2. The van der Waals surface area contributed by atoms with Gasteiger partial charge in [0.1, 0.15) is 11.6 Å². The van der Waals surface area contributed by atoms with Gasteiger partial charge in [0.15, 0.2) is 6.10 Å². The predicted molar refractivity (Wildman–Crippen MR) is 64.5 cm³/mol. The smallest absolute Gasteiger partial charge is 0.415 e. The molecule has 2 atom stereocenters. The van der Waals surface area contributed by atoms with E-state index >= 15 is 0 Å². The second kappa shape index (κ2) is 6.56. The third-order valence-electron chi connectivity index (χ3n) is 2.24. The third-order valence-corrected chi connectivity index (χ3v) is 2.24. The average Bonchev–Trinajstić information content (AvgIpc) is 2.12. The van der Waals surface area contributed by atoms with Crippen molar-refractivity contribution in [3.63, 3.8) is 0 Å². The first-order chi connectivity index (χ1) is 8.34. The van der Waals surface area contributed by atoms with Crippen molar-refractivity contribution in [1.82, 2.24) is 5.32 Å². The number of nitrogens with one attached hydrogen (secondary N) is 1. The molecule has 0 aliphatic carbocycles. The number of carbonyl (C=O) groups is 1. The van der Waals surface area contributed by atoms with Crippen LogP contribution in [0.4, 0.5) is 13.2 Å². The van der Waals surface area contributed by atoms with Gasteiger partial charge in [0.25, 0.3) is 0 Å². The van der Waals surface area contributed by atoms with E-state index in [9.17, 15) is 18.0 Å². The first kappa shape index (κ1) is 18.2. The highest BCUT2D eigenvalue weighted by Gasteiger charge is 2.39. The monoisotopic (exact) mass is 285 g/mol. The second-order valence-electron chi connectivity index (χ2n) is 5.72. The topological polar surface area (TPSA) is 58.6 Å². The van der Waals surface area contributed by atoms with Crippen LogP contribution in [0.1, 0.15) is 34.6 Å². The minimum atomic E-state index is -4.71. The molecule has 0 aromatic rings. The van der Waals surface area contributed by atoms with Crippen molar-refractivity contribution in [2.24, 2.45) is 5.92 Å². The fourth-order valence-corrected chi connectivity index (χ4v) is 1.31. The molecule has 7 heteroatoms. The summed E-state index contributed by atoms with van der Waals surface area (Å²) in [6.07, 6.45) is -7.21. The maximum Gasteiger partial charge on any atom is 0.415 e. The lowest BCUT2D eigenvalue weighted by Gasteiger charge is -2.27. The van der Waals surface area contributed by atoms with Gasteiger partial charge in [-0.05, 0) is 26.7 Å². The van der Waals surface area contributed by atoms with Gasteiger partial charge in [-0.1, -0.05) is 13.8 Å². The number of rotatable bonds is 5. The van der Waals surface area contributed by atoms with E-state index in [-0.39, 0.29) is 5.92 Å². The third kappa shape index (κ3) is 7.37. The van der Waals surface area contributed by atoms with Gasteiger partial charge in [0.2, 0.25) is 0 Å². The van der Waals surface area contributed by atoms with Gasteiger partial charge in [0.05, 0.1) is 0 Å². The van der Waals surface area contributed by atoms with Crippen molar-refractivity contribution in [3.05, 3.63) is 0 Å². The molecule has 0 rings (SSSR count). The van der Waals surface area contributed by atoms with Crippen LogP contribution in [-0.2, 0) is 9.53 Å². The van der Waals surface area contributed by atoms with Gasteiger partial charge in [0, 0.05) is 6.54 Å². The maximum absolute atomic E-state index is 12.2. The van der Waals surface area contributed by atoms with Gasteiger partial charge in [-0.15, -0.1) is 0 Å². The molecule has 4 nitrogen and oxygen atoms in total. The molecule has 1 unspecified atom stereocenters. The second-order valence-corrected chi connectivity index (χ2v) is 5.72. The number of aliphatic hydroxyl groups excluding tert-OH is 1. The lowest BCUT2D eigenvalue weighted by atomic mass is 10.0. The van der Waals surface area contributed by atoms with E-state index in [4.69, 9.17) is 9.84 Å². The minimum absolute atomic E-state index is 0.254. The van der Waals surface area contributed by atoms with E-state index in [2.05, 4.69) is 5.32 Å². The summed E-state index contributed by atoms with van der Waals surface area (Å²) in [5, 5.41) is 11.3. The molecule has 0 aromatic carbocycles. The predicted octanol–water partition coefficient (Wildman–Crippen LogP) is 1.87. The first-order valence-corrected chi connectivity index (χ1v) is 6.05. The zero-order valence-electron chi connectivity index (χ0n) is 11.8. The SMILES string of the molecule is CC(C)[C@@H](NCC(O)C(F)(F)F)C(=O)OC(C)(C)C. The van der Waals surface area contributed by atoms with E-state index in [1.165, 1.54) is 0 Å². The molecule has 0 amide bonds. The van der Waals surface area contributed by atoms with Crippen molar-refractivity contribution < 1.29 is 27.8 Å². The largest absolute Gasteiger partial charge is 0.459 e. The molecule has 114 valence electrons. The summed E-state index contributed by atoms with van der Waals surface area (Å²) in [4.78, 5) is 11.8. The molecule has 0 aliphatic heterocycles. The van der Waals surface area contributed by atoms with Crippen LogP contribution in [-0.4, -0.2) is 41.5 Å². The lowest BCUT2D eigenvalue weighted by Crippen LogP contribution is -2.49. The van der Waals surface area contributed by atoms with Gasteiger partial charge in [-0.3, -0.25) is 4.79 Å². The average molecular weight is 285 g/mol. The van der Waals surface area contributed by atoms with Crippen molar-refractivity contribution in [2.75, 3.05) is 6.54 Å². The van der Waals surface area contributed by atoms with Gasteiger partial charge in [-0.2, -0.15) is 13.2 Å². The number of hydrogen-bond acceptors (Lipinski definition) is 4. The normalized spacial score (nSPS) is 16.3. The summed E-state index contributed by atoms with van der Waals surface area (Å²) < 4.78 is 41.6. The highest BCUT2D eigenvalue weighted by molar-refractivity contribution is 5.76. The number of alkyl halides is 3. The summed E-state index contributed by atoms with van der Waals surface area (Å²) in [7, 11) is 0. The number of ether oxygens (including phenoxy) is 1. The summed E-state index contributed by atoms with van der Waals surface area (Å²) in [6.45, 7) is 7.64. The Labute approximate surface area is 111 Å². The molecule has 19 heavy (non-hydrogen) atoms. The lowest BCUT2D eigenvalue weighted by molar-refractivity contribution is -0.203. The van der Waals surface area contributed by atoms with Crippen molar-refractivity contribution in [3.8, 4) is 0 Å². The number of aliphatic hydroxyl groups is 1. The Morgan fingerprint density at radius 3 is 2.05 bits per heavy atom. The van der Waals surface area contributed by atoms with Crippen LogP contribution in [0.15, 0.2) is 0 Å². The standard InChI is InChI=1S/C12H22F3NO3/c1-7(2)9(10(18)19-11(3,4)5)16-6-8(17)12(13,14)15/h7-9,16-17H,6H2,1-5H3/t8?,9-/m1/s1. The van der Waals surface area contributed by atoms with Crippen molar-refractivity contribution in [1.29, 1.82) is 0 Å². The van der Waals surface area contributed by atoms with E-state index in [0.717, 1.165) is 0 Å². The highest BCUT2D eigenvalue weighted by Crippen LogP contribution is 2.20. The molecule has 0 aliphatic rings. The van der Waals surface area contributed by atoms with Crippen LogP contribution in [0.5, 0.6) is 0 Å². The van der Waals surface area contributed by atoms with E-state index < -0.39 is 36.4 Å². The molecule has 0 radical (unpaired) electrons. The Hall–Kier alpha value is -0.820. The van der Waals surface area contributed by atoms with Crippen LogP contribution in [0.3, 0.4) is 0 Å². The summed E-state index contributed by atoms with van der Waals surface area (Å²) >= 11 is 0. The molecule has 0 bridgehead atoms. The minimum Gasteiger partial charge on any atom is -0.459 e. The Morgan fingerprint density at radius 1 is 1.26 bits per heavy atom. The Balaban J connectivity index is 4.56. The van der Waals surface area contributed by atoms with Gasteiger partial charge < -0.3 is 15.2 Å². The van der Waals surface area contributed by atoms with E-state index in [0.29, 0.717) is 0 Å². The van der Waals surface area contributed by atoms with Crippen LogP contribution in [0, 0.1) is 5.92 Å². The van der Waals surface area contributed by atoms with E-state index in [1.807, 2.05) is 0 Å². The van der Waals surface area contributed by atoms with Crippen LogP contribution in [0.25, 0.3) is 0 Å². The van der Waals surface area contributed by atoms with Gasteiger partial charge >= 0.3 is 12.1 Å². The zero-order chi connectivity index (χ0) is 15.4. The molecule has 0 saturated heterocycles. The highest BCUT2D eigenvalue weighted by atomic mass is 19.4. The molecule has 0 heterocycles. The summed E-state index contributed by atoms with van der Waals surface area (Å²) in [5.41, 5.74) is -0.714. The van der Waals surface area contributed by atoms with Crippen molar-refractivity contribution in [2.45, 2.75) is 58.5 Å². The quantitative estimate of drug-likeness (QED) is 0.757. The van der Waals surface area contributed by atoms with Crippen LogP contribution >= 0.6 is 0 Å². The molecular formula is C12H22F3NO3. The molecule has 0 saturated carbocycles. The van der Waals surface area contributed by atoms with Gasteiger partial charge in [-0.25, -0.2) is 0 Å². The van der Waals surface area contributed by atoms with Crippen molar-refractivity contribution >= 4 is 5.97 Å². The van der Waals surface area contributed by atoms with Crippen LogP contribution < -0.4 is 5.32 Å². The van der Waals surface area contributed by atoms with Crippen LogP contribution in [0.2, 0.25) is 0 Å². The number of halogens is 3. The zero-order valence-corrected chi connectivity index (χ0v) is 11.8. The summed E-state index contributed by atoms with van der Waals surface area (Å²) in [6, 6.07) is -0.892. The fraction of sp³-hybridized carbons (Fsp3) is 0.917. The molecular weight excluding hydrogens is 263 g/mol. The molecule has 0 fully saturated rings. The fourth-order valence-electron chi connectivity index (χ4n) is 1.31. The number of carbonyl (C=O) groups excluding carboxylic acids is 1. The Bertz CT molecular complexity index is 298. The first-order valence-electron chi connectivity index (χ1n) is 6.05. The number of esters is 1. The molecule has 0 spiro atoms. The summed E-state index contributed by atoms with van der Waals surface area (Å²) in [5.74, 6) is -0.882. The Morgan fingerprint density at radius 2 is 1.74 bits per heavy atom. The number of hydrogen-bond donors (Lipinski definition) is 2. The Kier molecular flexibility index (Phi) is 6.28. The molecule has 2 N–H and O–H groups in total.